The minimum Gasteiger partial charge on any atom is -0.494 e. The van der Waals surface area contributed by atoms with Crippen molar-refractivity contribution in [1.82, 2.24) is 0 Å². The molecule has 0 saturated carbocycles. The number of nitrogens with one attached hydrogen (secondary N) is 2. The number of anilines is 2. The number of hydrogen-bond donors (Lipinski definition) is 2. The molecule has 0 aromatic heterocycles. The monoisotopic (exact) mass is 289 g/mol. The maximum absolute atomic E-state index is 11.8. The van der Waals surface area contributed by atoms with Crippen molar-refractivity contribution in [2.75, 3.05) is 17.7 Å². The molecule has 2 N–H and O–H groups in total. The summed E-state index contributed by atoms with van der Waals surface area (Å²) >= 11 is 0. The number of nitrogens with zero attached hydrogens (tertiary/aromatic N) is 1. The Balaban J connectivity index is 2.82. The van der Waals surface area contributed by atoms with E-state index < -0.39 is 5.91 Å². The fourth-order valence-electron chi connectivity index (χ4n) is 1.72. The van der Waals surface area contributed by atoms with Crippen LogP contribution in [0.2, 0.25) is 0 Å². The highest BCUT2D eigenvalue weighted by Crippen LogP contribution is 2.28. The molecule has 1 rings (SSSR count). The van der Waals surface area contributed by atoms with Crippen LogP contribution < -0.4 is 15.4 Å². The van der Waals surface area contributed by atoms with Gasteiger partial charge in [0, 0.05) is 18.2 Å². The van der Waals surface area contributed by atoms with Crippen molar-refractivity contribution in [2.24, 2.45) is 5.92 Å². The van der Waals surface area contributed by atoms with Crippen LogP contribution in [-0.2, 0) is 9.59 Å². The lowest BCUT2D eigenvalue weighted by atomic mass is 10.1. The number of nitriles is 1. The topological polar surface area (TPSA) is 91.2 Å². The fourth-order valence-corrected chi connectivity index (χ4v) is 1.72. The van der Waals surface area contributed by atoms with E-state index in [4.69, 9.17) is 10.00 Å². The number of carbonyl (C=O) groups is 2. The van der Waals surface area contributed by atoms with Gasteiger partial charge in [-0.15, -0.1) is 0 Å². The minimum atomic E-state index is -0.392. The van der Waals surface area contributed by atoms with Crippen LogP contribution in [-0.4, -0.2) is 18.9 Å². The Morgan fingerprint density at radius 2 is 2.00 bits per heavy atom. The van der Waals surface area contributed by atoms with Crippen molar-refractivity contribution in [1.29, 1.82) is 5.26 Å². The second-order valence-corrected chi connectivity index (χ2v) is 4.94. The molecule has 112 valence electrons. The molecule has 0 aliphatic carbocycles. The summed E-state index contributed by atoms with van der Waals surface area (Å²) in [6, 6.07) is 6.66. The molecule has 6 nitrogen and oxygen atoms in total. The molecule has 0 unspecified atom stereocenters. The summed E-state index contributed by atoms with van der Waals surface area (Å²) in [5.74, 6) is 0.225. The molecule has 0 heterocycles. The van der Waals surface area contributed by atoms with Crippen LogP contribution in [0.15, 0.2) is 18.2 Å². The quantitative estimate of drug-likeness (QED) is 0.841. The van der Waals surface area contributed by atoms with E-state index in [2.05, 4.69) is 10.6 Å². The number of methoxy groups -OCH3 is 1. The lowest BCUT2D eigenvalue weighted by Gasteiger charge is -2.13. The average molecular weight is 289 g/mol. The van der Waals surface area contributed by atoms with Crippen LogP contribution in [0.25, 0.3) is 0 Å². The number of amides is 2. The highest BCUT2D eigenvalue weighted by molar-refractivity contribution is 5.95. The van der Waals surface area contributed by atoms with E-state index in [-0.39, 0.29) is 18.2 Å². The molecule has 0 aliphatic heterocycles. The maximum Gasteiger partial charge on any atom is 0.238 e. The van der Waals surface area contributed by atoms with Gasteiger partial charge in [-0.3, -0.25) is 9.59 Å². The minimum absolute atomic E-state index is 0.0930. The summed E-state index contributed by atoms with van der Waals surface area (Å²) in [4.78, 5) is 23.1. The predicted molar refractivity (Wildman–Crippen MR) is 79.9 cm³/mol. The molecule has 6 heteroatoms. The SMILES string of the molecule is COc1cc(NC(=O)CC#N)ccc1NC(=O)CC(C)C. The Morgan fingerprint density at radius 3 is 2.57 bits per heavy atom. The van der Waals surface area contributed by atoms with Gasteiger partial charge >= 0.3 is 0 Å². The molecule has 0 bridgehead atoms. The normalized spacial score (nSPS) is 9.86. The summed E-state index contributed by atoms with van der Waals surface area (Å²) in [7, 11) is 1.48. The summed E-state index contributed by atoms with van der Waals surface area (Å²) < 4.78 is 5.20. The van der Waals surface area contributed by atoms with Gasteiger partial charge in [-0.2, -0.15) is 5.26 Å². The average Bonchev–Trinajstić information content (AvgIpc) is 2.39. The van der Waals surface area contributed by atoms with Crippen LogP contribution in [0.3, 0.4) is 0 Å². The van der Waals surface area contributed by atoms with E-state index >= 15 is 0 Å². The van der Waals surface area contributed by atoms with Gasteiger partial charge in [0.1, 0.15) is 12.2 Å². The van der Waals surface area contributed by atoms with Gasteiger partial charge in [-0.1, -0.05) is 13.8 Å². The first kappa shape index (κ1) is 16.5. The lowest BCUT2D eigenvalue weighted by Crippen LogP contribution is -2.15. The van der Waals surface area contributed by atoms with Crippen LogP contribution in [0.5, 0.6) is 5.75 Å². The Labute approximate surface area is 124 Å². The first-order valence-electron chi connectivity index (χ1n) is 6.61. The number of benzene rings is 1. The maximum atomic E-state index is 11.8. The zero-order chi connectivity index (χ0) is 15.8. The smallest absolute Gasteiger partial charge is 0.238 e. The number of rotatable bonds is 6. The van der Waals surface area contributed by atoms with Crippen molar-refractivity contribution in [3.8, 4) is 11.8 Å². The molecule has 0 saturated heterocycles. The van der Waals surface area contributed by atoms with Gasteiger partial charge in [0.15, 0.2) is 0 Å². The van der Waals surface area contributed by atoms with Crippen molar-refractivity contribution in [2.45, 2.75) is 26.7 Å². The van der Waals surface area contributed by atoms with Crippen LogP contribution >= 0.6 is 0 Å². The Kier molecular flexibility index (Phi) is 6.21. The van der Waals surface area contributed by atoms with Gasteiger partial charge in [0.05, 0.1) is 18.9 Å². The molecule has 2 amide bonds. The molecule has 0 radical (unpaired) electrons. The third-order valence-corrected chi connectivity index (χ3v) is 2.59. The Bertz CT molecular complexity index is 562. The van der Waals surface area contributed by atoms with Crippen LogP contribution in [0.4, 0.5) is 11.4 Å². The summed E-state index contributed by atoms with van der Waals surface area (Å²) in [6.07, 6.45) is 0.207. The Morgan fingerprint density at radius 1 is 1.29 bits per heavy atom. The van der Waals surface area contributed by atoms with Gasteiger partial charge in [0.2, 0.25) is 11.8 Å². The standard InChI is InChI=1S/C15H19N3O3/c1-10(2)8-15(20)18-12-5-4-11(9-13(12)21-3)17-14(19)6-7-16/h4-5,9-10H,6,8H2,1-3H3,(H,17,19)(H,18,20). The van der Waals surface area contributed by atoms with E-state index in [9.17, 15) is 9.59 Å². The molecule has 0 atom stereocenters. The predicted octanol–water partition coefficient (Wildman–Crippen LogP) is 2.53. The van der Waals surface area contributed by atoms with Crippen molar-refractivity contribution >= 4 is 23.2 Å². The molecule has 1 aromatic carbocycles. The van der Waals surface area contributed by atoms with Gasteiger partial charge in [-0.25, -0.2) is 0 Å². The molecule has 0 spiro atoms. The first-order chi connectivity index (χ1) is 9.96. The van der Waals surface area contributed by atoms with Gasteiger partial charge in [-0.05, 0) is 18.1 Å². The van der Waals surface area contributed by atoms with E-state index in [1.807, 2.05) is 13.8 Å². The van der Waals surface area contributed by atoms with Crippen LogP contribution in [0, 0.1) is 17.2 Å². The third-order valence-electron chi connectivity index (χ3n) is 2.59. The zero-order valence-electron chi connectivity index (χ0n) is 12.4. The third kappa shape index (κ3) is 5.53. The molecule has 0 fully saturated rings. The summed E-state index contributed by atoms with van der Waals surface area (Å²) in [6.45, 7) is 3.93. The molecule has 1 aromatic rings. The van der Waals surface area contributed by atoms with E-state index in [0.29, 0.717) is 23.5 Å². The van der Waals surface area contributed by atoms with E-state index in [1.54, 1.807) is 24.3 Å². The summed E-state index contributed by atoms with van der Waals surface area (Å²) in [5.41, 5.74) is 1.05. The van der Waals surface area contributed by atoms with Gasteiger partial charge < -0.3 is 15.4 Å². The second kappa shape index (κ2) is 7.90. The Hall–Kier alpha value is -2.55. The molecule has 0 aliphatic rings. The first-order valence-corrected chi connectivity index (χ1v) is 6.61. The van der Waals surface area contributed by atoms with Crippen molar-refractivity contribution in [3.05, 3.63) is 18.2 Å². The number of ether oxygens (including phenoxy) is 1. The van der Waals surface area contributed by atoms with Crippen molar-refractivity contribution < 1.29 is 14.3 Å². The number of carbonyl (C=O) groups excluding carboxylic acids is 2. The highest BCUT2D eigenvalue weighted by Gasteiger charge is 2.11. The fraction of sp³-hybridized carbons (Fsp3) is 0.400. The van der Waals surface area contributed by atoms with E-state index in [1.165, 1.54) is 7.11 Å². The van der Waals surface area contributed by atoms with E-state index in [0.717, 1.165) is 0 Å². The molecular weight excluding hydrogens is 270 g/mol. The zero-order valence-corrected chi connectivity index (χ0v) is 12.4. The second-order valence-electron chi connectivity index (χ2n) is 4.94. The summed E-state index contributed by atoms with van der Waals surface area (Å²) in [5, 5.41) is 13.8. The molecular formula is C15H19N3O3. The molecule has 21 heavy (non-hydrogen) atoms. The van der Waals surface area contributed by atoms with Crippen molar-refractivity contribution in [3.63, 3.8) is 0 Å². The number of hydrogen-bond acceptors (Lipinski definition) is 4. The van der Waals surface area contributed by atoms with Gasteiger partial charge in [0.25, 0.3) is 0 Å². The lowest BCUT2D eigenvalue weighted by molar-refractivity contribution is -0.117. The highest BCUT2D eigenvalue weighted by atomic mass is 16.5. The van der Waals surface area contributed by atoms with Crippen LogP contribution in [0.1, 0.15) is 26.7 Å². The largest absolute Gasteiger partial charge is 0.494 e.